The molecule has 68 valence electrons. The van der Waals surface area contributed by atoms with Crippen molar-refractivity contribution in [2.75, 3.05) is 0 Å². The predicted octanol–water partition coefficient (Wildman–Crippen LogP) is -1.18. The second-order valence-corrected chi connectivity index (χ2v) is 1.42. The Kier molecular flexibility index (Phi) is 7.63. The summed E-state index contributed by atoms with van der Waals surface area (Å²) in [4.78, 5) is 36.8. The van der Waals surface area contributed by atoms with E-state index in [0.717, 1.165) is 0 Å². The van der Waals surface area contributed by atoms with Crippen LogP contribution in [0.25, 0.3) is 0 Å². The molecule has 0 aromatic rings. The van der Waals surface area contributed by atoms with Crippen LogP contribution < -0.4 is 0 Å². The average Bonchev–Trinajstić information content (AvgIpc) is 1.85. The number of carboxylic acids is 3. The Hall–Kier alpha value is -1.92. The molecule has 7 nitrogen and oxygen atoms in total. The van der Waals surface area contributed by atoms with E-state index in [0.29, 0.717) is 0 Å². The molecule has 0 aromatic carbocycles. The molecule has 0 aliphatic rings. The number of rotatable bonds is 3. The minimum absolute atomic E-state index is 0.167. The molecular weight excluding hydrogens is 172 g/mol. The lowest BCUT2D eigenvalue weighted by atomic mass is 10.5. The highest BCUT2D eigenvalue weighted by Crippen LogP contribution is 1.74. The van der Waals surface area contributed by atoms with Crippen LogP contribution in [0, 0.1) is 0 Å². The van der Waals surface area contributed by atoms with Crippen molar-refractivity contribution in [3.05, 3.63) is 0 Å². The summed E-state index contributed by atoms with van der Waals surface area (Å²) >= 11 is 0. The summed E-state index contributed by atoms with van der Waals surface area (Å²) in [6.07, 6.45) is -0.972. The Morgan fingerprint density at radius 2 is 1.25 bits per heavy atom. The first-order chi connectivity index (χ1) is 5.40. The number of carbonyl (C=O) groups excluding carboxylic acids is 1. The van der Waals surface area contributed by atoms with E-state index in [2.05, 4.69) is 0 Å². The first-order valence-corrected chi connectivity index (χ1v) is 2.51. The fourth-order valence-corrected chi connectivity index (χ4v) is 0.129. The first-order valence-electron chi connectivity index (χ1n) is 2.51. The second kappa shape index (κ2) is 7.19. The van der Waals surface area contributed by atoms with Crippen molar-refractivity contribution in [1.29, 1.82) is 0 Å². The molecule has 7 heteroatoms. The summed E-state index contributed by atoms with van der Waals surface area (Å²) in [6.45, 7) is 0. The summed E-state index contributed by atoms with van der Waals surface area (Å²) in [5, 5.41) is 22.8. The maximum Gasteiger partial charge on any atom is 0.368 e. The van der Waals surface area contributed by atoms with E-state index in [4.69, 9.17) is 24.9 Å². The van der Waals surface area contributed by atoms with E-state index >= 15 is 0 Å². The average molecular weight is 178 g/mol. The highest BCUT2D eigenvalue weighted by atomic mass is 16.4. The zero-order valence-electron chi connectivity index (χ0n) is 5.76. The van der Waals surface area contributed by atoms with Gasteiger partial charge in [0.25, 0.3) is 0 Å². The monoisotopic (exact) mass is 178 g/mol. The van der Waals surface area contributed by atoms with Gasteiger partial charge < -0.3 is 15.3 Å². The third-order valence-corrected chi connectivity index (χ3v) is 0.403. The van der Waals surface area contributed by atoms with Gasteiger partial charge in [-0.15, -0.1) is 0 Å². The zero-order chi connectivity index (χ0) is 10.1. The van der Waals surface area contributed by atoms with Crippen LogP contribution in [-0.2, 0) is 19.2 Å². The van der Waals surface area contributed by atoms with Gasteiger partial charge in [0.1, 0.15) is 6.42 Å². The maximum atomic E-state index is 9.43. The topological polar surface area (TPSA) is 129 Å². The van der Waals surface area contributed by atoms with Gasteiger partial charge in [-0.05, 0) is 0 Å². The fourth-order valence-electron chi connectivity index (χ4n) is 0.129. The Balaban J connectivity index is 0. The van der Waals surface area contributed by atoms with Crippen LogP contribution in [0.3, 0.4) is 0 Å². The molecule has 0 saturated heterocycles. The molecule has 0 aliphatic carbocycles. The summed E-state index contributed by atoms with van der Waals surface area (Å²) < 4.78 is 0. The summed E-state index contributed by atoms with van der Waals surface area (Å²) in [5.41, 5.74) is 0. The molecule has 0 radical (unpaired) electrons. The van der Waals surface area contributed by atoms with Crippen molar-refractivity contribution in [1.82, 2.24) is 0 Å². The van der Waals surface area contributed by atoms with Crippen molar-refractivity contribution >= 4 is 24.2 Å². The normalized spacial score (nSPS) is 7.33. The number of hydrogen-bond acceptors (Lipinski definition) is 4. The van der Waals surface area contributed by atoms with Crippen molar-refractivity contribution in [2.24, 2.45) is 0 Å². The molecule has 12 heavy (non-hydrogen) atoms. The SMILES string of the molecule is O=C(O)CC(=O)O.O=CC(=O)O. The molecule has 0 aromatic heterocycles. The van der Waals surface area contributed by atoms with Gasteiger partial charge in [0.15, 0.2) is 0 Å². The molecule has 0 heterocycles. The van der Waals surface area contributed by atoms with Crippen LogP contribution in [0.15, 0.2) is 0 Å². The molecule has 3 N–H and O–H groups in total. The Morgan fingerprint density at radius 3 is 1.25 bits per heavy atom. The third kappa shape index (κ3) is 24.3. The molecule has 0 rings (SSSR count). The highest BCUT2D eigenvalue weighted by molar-refractivity contribution is 6.19. The second-order valence-electron chi connectivity index (χ2n) is 1.42. The maximum absolute atomic E-state index is 9.43. The van der Waals surface area contributed by atoms with Gasteiger partial charge in [-0.25, -0.2) is 4.79 Å². The van der Waals surface area contributed by atoms with Gasteiger partial charge in [-0.1, -0.05) is 0 Å². The number of carboxylic acid groups (broad SMARTS) is 3. The number of aliphatic carboxylic acids is 3. The molecule has 0 unspecified atom stereocenters. The van der Waals surface area contributed by atoms with Crippen molar-refractivity contribution < 1.29 is 34.5 Å². The van der Waals surface area contributed by atoms with Crippen molar-refractivity contribution in [3.63, 3.8) is 0 Å². The molecule has 0 spiro atoms. The zero-order valence-corrected chi connectivity index (χ0v) is 5.76. The molecule has 0 bridgehead atoms. The van der Waals surface area contributed by atoms with Crippen LogP contribution in [-0.4, -0.2) is 39.5 Å². The fraction of sp³-hybridized carbons (Fsp3) is 0.200. The van der Waals surface area contributed by atoms with E-state index in [1.165, 1.54) is 0 Å². The molecule has 0 atom stereocenters. The smallest absolute Gasteiger partial charge is 0.368 e. The molecule has 0 amide bonds. The lowest BCUT2D eigenvalue weighted by Gasteiger charge is -1.80. The minimum Gasteiger partial charge on any atom is -0.481 e. The number of aldehydes is 1. The van der Waals surface area contributed by atoms with E-state index in [1.807, 2.05) is 0 Å². The minimum atomic E-state index is -1.43. The largest absolute Gasteiger partial charge is 0.481 e. The van der Waals surface area contributed by atoms with E-state index < -0.39 is 24.3 Å². The summed E-state index contributed by atoms with van der Waals surface area (Å²) in [5.74, 6) is -4.05. The Labute approximate surface area is 66.2 Å². The van der Waals surface area contributed by atoms with Gasteiger partial charge >= 0.3 is 17.9 Å². The Bertz CT molecular complexity index is 182. The number of hydrogen-bond donors (Lipinski definition) is 3. The lowest BCUT2D eigenvalue weighted by molar-refractivity contribution is -0.147. The van der Waals surface area contributed by atoms with Gasteiger partial charge in [-0.2, -0.15) is 0 Å². The standard InChI is InChI=1S/C3H4O4.C2H2O3/c4-2(5)1-3(6)7;3-1-2(4)5/h1H2,(H,4,5)(H,6,7);1H,(H,4,5). The van der Waals surface area contributed by atoms with Crippen LogP contribution >= 0.6 is 0 Å². The number of carbonyl (C=O) groups is 4. The van der Waals surface area contributed by atoms with E-state index in [1.54, 1.807) is 0 Å². The van der Waals surface area contributed by atoms with Crippen molar-refractivity contribution in [2.45, 2.75) is 6.42 Å². The van der Waals surface area contributed by atoms with Crippen LogP contribution in [0.1, 0.15) is 6.42 Å². The van der Waals surface area contributed by atoms with E-state index in [-0.39, 0.29) is 6.29 Å². The van der Waals surface area contributed by atoms with Crippen molar-refractivity contribution in [3.8, 4) is 0 Å². The summed E-state index contributed by atoms with van der Waals surface area (Å²) in [7, 11) is 0. The quantitative estimate of drug-likeness (QED) is 0.281. The summed E-state index contributed by atoms with van der Waals surface area (Å²) in [6, 6.07) is 0. The van der Waals surface area contributed by atoms with Gasteiger partial charge in [0.2, 0.25) is 6.29 Å². The van der Waals surface area contributed by atoms with Gasteiger partial charge in [-0.3, -0.25) is 14.4 Å². The third-order valence-electron chi connectivity index (χ3n) is 0.403. The van der Waals surface area contributed by atoms with Gasteiger partial charge in [0.05, 0.1) is 0 Å². The van der Waals surface area contributed by atoms with Crippen LogP contribution in [0.4, 0.5) is 0 Å². The molecule has 0 aliphatic heterocycles. The molecule has 0 saturated carbocycles. The van der Waals surface area contributed by atoms with Crippen LogP contribution in [0.5, 0.6) is 0 Å². The molecule has 0 fully saturated rings. The first kappa shape index (κ1) is 12.7. The highest BCUT2D eigenvalue weighted by Gasteiger charge is 2.01. The van der Waals surface area contributed by atoms with E-state index in [9.17, 15) is 9.59 Å². The van der Waals surface area contributed by atoms with Crippen LogP contribution in [0.2, 0.25) is 0 Å². The Morgan fingerprint density at radius 1 is 1.00 bits per heavy atom. The van der Waals surface area contributed by atoms with Gasteiger partial charge in [0, 0.05) is 0 Å². The lowest BCUT2D eigenvalue weighted by Crippen LogP contribution is -2.03. The predicted molar refractivity (Wildman–Crippen MR) is 33.6 cm³/mol. The molecular formula is C5H6O7.